The molecule has 1 aliphatic heterocycles. The SMILES string of the molecule is CCNC(=NCc1ccnc(N2CCN(c3ccc(F)cc3)CC2)c1)NC(C)COC.I. The van der Waals surface area contributed by atoms with Crippen LogP contribution >= 0.6 is 24.0 Å². The molecule has 0 spiro atoms. The van der Waals surface area contributed by atoms with Gasteiger partial charge in [0.15, 0.2) is 5.96 Å². The second-order valence-corrected chi connectivity index (χ2v) is 7.67. The summed E-state index contributed by atoms with van der Waals surface area (Å²) >= 11 is 0. The first-order valence-corrected chi connectivity index (χ1v) is 10.8. The monoisotopic (exact) mass is 556 g/mol. The van der Waals surface area contributed by atoms with Gasteiger partial charge < -0.3 is 25.2 Å². The Bertz CT molecular complexity index is 843. The Labute approximate surface area is 207 Å². The van der Waals surface area contributed by atoms with Crippen LogP contribution in [0.15, 0.2) is 47.6 Å². The van der Waals surface area contributed by atoms with Crippen LogP contribution in [0.4, 0.5) is 15.9 Å². The molecule has 1 aromatic heterocycles. The molecule has 9 heteroatoms. The number of nitrogens with one attached hydrogen (secondary N) is 2. The van der Waals surface area contributed by atoms with E-state index < -0.39 is 0 Å². The number of aromatic nitrogens is 1. The summed E-state index contributed by atoms with van der Waals surface area (Å²) in [7, 11) is 1.69. The first kappa shape index (κ1) is 26.1. The molecule has 2 aromatic rings. The lowest BCUT2D eigenvalue weighted by atomic mass is 10.2. The fourth-order valence-electron chi connectivity index (χ4n) is 3.59. The number of pyridine rings is 1. The summed E-state index contributed by atoms with van der Waals surface area (Å²) < 4.78 is 18.4. The largest absolute Gasteiger partial charge is 0.383 e. The summed E-state index contributed by atoms with van der Waals surface area (Å²) in [6.07, 6.45) is 1.85. The summed E-state index contributed by atoms with van der Waals surface area (Å²) in [5.41, 5.74) is 2.17. The molecule has 0 bridgehead atoms. The zero-order valence-corrected chi connectivity index (χ0v) is 21.4. The van der Waals surface area contributed by atoms with Crippen molar-refractivity contribution in [3.05, 3.63) is 54.0 Å². The van der Waals surface area contributed by atoms with Gasteiger partial charge in [-0.15, -0.1) is 24.0 Å². The second-order valence-electron chi connectivity index (χ2n) is 7.67. The average Bonchev–Trinajstić information content (AvgIpc) is 2.79. The molecule has 0 amide bonds. The summed E-state index contributed by atoms with van der Waals surface area (Å²) in [5, 5.41) is 6.62. The first-order chi connectivity index (χ1) is 15.1. The highest BCUT2D eigenvalue weighted by Gasteiger charge is 2.18. The molecule has 2 N–H and O–H groups in total. The molecule has 2 heterocycles. The molecule has 3 rings (SSSR count). The van der Waals surface area contributed by atoms with Crippen molar-refractivity contribution >= 4 is 41.4 Å². The summed E-state index contributed by atoms with van der Waals surface area (Å²) in [6, 6.07) is 11.0. The summed E-state index contributed by atoms with van der Waals surface area (Å²) in [4.78, 5) is 13.8. The fraction of sp³-hybridized carbons (Fsp3) is 0.478. The van der Waals surface area contributed by atoms with Crippen LogP contribution in [0, 0.1) is 5.82 Å². The zero-order chi connectivity index (χ0) is 22.1. The van der Waals surface area contributed by atoms with Gasteiger partial charge >= 0.3 is 0 Å². The number of nitrogens with zero attached hydrogens (tertiary/aromatic N) is 4. The molecule has 0 aliphatic carbocycles. The second kappa shape index (κ2) is 13.4. The minimum atomic E-state index is -0.202. The van der Waals surface area contributed by atoms with Crippen molar-refractivity contribution in [3.8, 4) is 0 Å². The minimum Gasteiger partial charge on any atom is -0.383 e. The lowest BCUT2D eigenvalue weighted by Gasteiger charge is -2.36. The van der Waals surface area contributed by atoms with Crippen molar-refractivity contribution in [2.75, 3.05) is 56.2 Å². The van der Waals surface area contributed by atoms with Crippen LogP contribution < -0.4 is 20.4 Å². The third-order valence-electron chi connectivity index (χ3n) is 5.17. The number of anilines is 2. The van der Waals surface area contributed by atoms with Gasteiger partial charge in [-0.1, -0.05) is 0 Å². The molecule has 176 valence electrons. The molecule has 7 nitrogen and oxygen atoms in total. The van der Waals surface area contributed by atoms with Gasteiger partial charge in [0.2, 0.25) is 0 Å². The Balaban J connectivity index is 0.00000363. The van der Waals surface area contributed by atoms with Gasteiger partial charge in [0.1, 0.15) is 11.6 Å². The molecule has 1 unspecified atom stereocenters. The predicted molar refractivity (Wildman–Crippen MR) is 140 cm³/mol. The van der Waals surface area contributed by atoms with Gasteiger partial charge in [0, 0.05) is 57.8 Å². The molecule has 1 saturated heterocycles. The highest BCUT2D eigenvalue weighted by Crippen LogP contribution is 2.20. The molecule has 0 radical (unpaired) electrons. The van der Waals surface area contributed by atoms with Crippen LogP contribution in [0.25, 0.3) is 0 Å². The topological polar surface area (TPSA) is 65.0 Å². The van der Waals surface area contributed by atoms with E-state index in [1.165, 1.54) is 12.1 Å². The van der Waals surface area contributed by atoms with E-state index in [1.807, 2.05) is 31.3 Å². The number of rotatable bonds is 8. The van der Waals surface area contributed by atoms with Crippen LogP contribution in [0.3, 0.4) is 0 Å². The van der Waals surface area contributed by atoms with E-state index in [1.54, 1.807) is 7.11 Å². The van der Waals surface area contributed by atoms with Crippen molar-refractivity contribution < 1.29 is 9.13 Å². The van der Waals surface area contributed by atoms with E-state index in [0.717, 1.165) is 55.8 Å². The lowest BCUT2D eigenvalue weighted by Crippen LogP contribution is -2.46. The number of piperazine rings is 1. The standard InChI is InChI=1S/C23H33FN6O.HI/c1-4-25-23(28-18(2)17-31-3)27-16-19-9-10-26-22(15-19)30-13-11-29(12-14-30)21-7-5-20(24)6-8-21;/h5-10,15,18H,4,11-14,16-17H2,1-3H3,(H2,25,27,28);1H. The Morgan fingerprint density at radius 2 is 1.84 bits per heavy atom. The molecule has 1 aliphatic rings. The summed E-state index contributed by atoms with van der Waals surface area (Å²) in [5.74, 6) is 1.54. The van der Waals surface area contributed by atoms with Crippen molar-refractivity contribution in [2.24, 2.45) is 4.99 Å². The predicted octanol–water partition coefficient (Wildman–Crippen LogP) is 3.26. The van der Waals surface area contributed by atoms with Gasteiger partial charge in [-0.2, -0.15) is 0 Å². The number of ether oxygens (including phenoxy) is 1. The highest BCUT2D eigenvalue weighted by molar-refractivity contribution is 14.0. The smallest absolute Gasteiger partial charge is 0.191 e. The fourth-order valence-corrected chi connectivity index (χ4v) is 3.59. The molecule has 1 atom stereocenters. The zero-order valence-electron chi connectivity index (χ0n) is 19.1. The minimum absolute atomic E-state index is 0. The van der Waals surface area contributed by atoms with Gasteiger partial charge in [0.25, 0.3) is 0 Å². The van der Waals surface area contributed by atoms with E-state index in [2.05, 4.69) is 38.4 Å². The van der Waals surface area contributed by atoms with E-state index in [-0.39, 0.29) is 35.8 Å². The maximum Gasteiger partial charge on any atom is 0.191 e. The normalized spacial score (nSPS) is 15.2. The van der Waals surface area contributed by atoms with Crippen LogP contribution in [0.1, 0.15) is 19.4 Å². The summed E-state index contributed by atoms with van der Waals surface area (Å²) in [6.45, 7) is 9.59. The van der Waals surface area contributed by atoms with Crippen LogP contribution in [0.2, 0.25) is 0 Å². The first-order valence-electron chi connectivity index (χ1n) is 10.8. The molecular formula is C23H34FIN6O. The van der Waals surface area contributed by atoms with Gasteiger partial charge in [-0.3, -0.25) is 0 Å². The maximum atomic E-state index is 13.2. The number of halogens is 2. The lowest BCUT2D eigenvalue weighted by molar-refractivity contribution is 0.179. The number of guanidine groups is 1. The van der Waals surface area contributed by atoms with Crippen LogP contribution in [0.5, 0.6) is 0 Å². The van der Waals surface area contributed by atoms with Gasteiger partial charge in [-0.25, -0.2) is 14.4 Å². The number of aliphatic imine (C=N–C) groups is 1. The van der Waals surface area contributed by atoms with E-state index in [4.69, 9.17) is 9.73 Å². The third-order valence-corrected chi connectivity index (χ3v) is 5.17. The van der Waals surface area contributed by atoms with E-state index in [9.17, 15) is 4.39 Å². The van der Waals surface area contributed by atoms with Crippen molar-refractivity contribution in [2.45, 2.75) is 26.4 Å². The number of hydrogen-bond acceptors (Lipinski definition) is 5. The Hall–Kier alpha value is -2.14. The van der Waals surface area contributed by atoms with Gasteiger partial charge in [-0.05, 0) is 55.8 Å². The van der Waals surface area contributed by atoms with Crippen molar-refractivity contribution in [3.63, 3.8) is 0 Å². The quantitative estimate of drug-likeness (QED) is 0.296. The van der Waals surface area contributed by atoms with E-state index in [0.29, 0.717) is 13.2 Å². The van der Waals surface area contributed by atoms with Gasteiger partial charge in [0.05, 0.1) is 13.2 Å². The van der Waals surface area contributed by atoms with Crippen LogP contribution in [-0.2, 0) is 11.3 Å². The molecule has 0 saturated carbocycles. The molecular weight excluding hydrogens is 522 g/mol. The molecule has 32 heavy (non-hydrogen) atoms. The van der Waals surface area contributed by atoms with Crippen molar-refractivity contribution in [1.82, 2.24) is 15.6 Å². The van der Waals surface area contributed by atoms with Crippen molar-refractivity contribution in [1.29, 1.82) is 0 Å². The average molecular weight is 556 g/mol. The molecule has 1 fully saturated rings. The highest BCUT2D eigenvalue weighted by atomic mass is 127. The molecule has 1 aromatic carbocycles. The Kier molecular flexibility index (Phi) is 10.9. The van der Waals surface area contributed by atoms with E-state index >= 15 is 0 Å². The number of methoxy groups -OCH3 is 1. The third kappa shape index (κ3) is 7.77. The number of benzene rings is 1. The Morgan fingerprint density at radius 3 is 2.50 bits per heavy atom. The maximum absolute atomic E-state index is 13.2. The van der Waals surface area contributed by atoms with Crippen LogP contribution in [-0.4, -0.2) is 63.4 Å². The number of hydrogen-bond donors (Lipinski definition) is 2. The Morgan fingerprint density at radius 1 is 1.16 bits per heavy atom.